The predicted molar refractivity (Wildman–Crippen MR) is 111 cm³/mol. The largest absolute Gasteiger partial charge is 0.424 e. The van der Waals surface area contributed by atoms with E-state index in [0.29, 0.717) is 24.6 Å². The van der Waals surface area contributed by atoms with E-state index in [0.717, 1.165) is 19.6 Å². The fourth-order valence-electron chi connectivity index (χ4n) is 4.25. The quantitative estimate of drug-likeness (QED) is 0.707. The molecular weight excluding hydrogens is 382 g/mol. The standard InChI is InChI=1S/C22H27N5O3/c1-16(2)27-19(28)22(25(3)21(27)29)9-13-26(14-10-22)15-17-5-7-18(8-6-17)30-20-23-11-4-12-24-20/h4-8,11-12,16H,9-10,13-15H2,1-3H3. The third-order valence-electron chi connectivity index (χ3n) is 6.03. The minimum absolute atomic E-state index is 0.0470. The summed E-state index contributed by atoms with van der Waals surface area (Å²) < 4.78 is 5.63. The zero-order valence-electron chi connectivity index (χ0n) is 17.6. The number of carbonyl (C=O) groups excluding carboxylic acids is 2. The van der Waals surface area contributed by atoms with Crippen LogP contribution < -0.4 is 4.74 Å². The Morgan fingerprint density at radius 1 is 1.07 bits per heavy atom. The number of carbonyl (C=O) groups is 2. The Labute approximate surface area is 176 Å². The first-order valence-corrected chi connectivity index (χ1v) is 10.3. The molecule has 0 bridgehead atoms. The Bertz CT molecular complexity index is 908. The molecule has 2 saturated heterocycles. The number of aromatic nitrogens is 2. The molecule has 0 saturated carbocycles. The van der Waals surface area contributed by atoms with Gasteiger partial charge in [0.05, 0.1) is 0 Å². The Balaban J connectivity index is 1.36. The number of amides is 3. The summed E-state index contributed by atoms with van der Waals surface area (Å²) in [6, 6.07) is 9.63. The number of hydrogen-bond acceptors (Lipinski definition) is 6. The number of piperidine rings is 1. The lowest BCUT2D eigenvalue weighted by molar-refractivity contribution is -0.136. The first kappa shape index (κ1) is 20.3. The molecule has 0 N–H and O–H groups in total. The summed E-state index contributed by atoms with van der Waals surface area (Å²) >= 11 is 0. The number of imide groups is 1. The van der Waals surface area contributed by atoms with Gasteiger partial charge in [-0.3, -0.25) is 14.6 Å². The maximum Gasteiger partial charge on any atom is 0.327 e. The van der Waals surface area contributed by atoms with E-state index < -0.39 is 5.54 Å². The van der Waals surface area contributed by atoms with Crippen LogP contribution in [0.2, 0.25) is 0 Å². The van der Waals surface area contributed by atoms with Gasteiger partial charge < -0.3 is 9.64 Å². The van der Waals surface area contributed by atoms with E-state index in [4.69, 9.17) is 4.74 Å². The second kappa shape index (κ2) is 8.02. The van der Waals surface area contributed by atoms with Gasteiger partial charge >= 0.3 is 12.0 Å². The summed E-state index contributed by atoms with van der Waals surface area (Å²) in [4.78, 5) is 39.1. The normalized spacial score (nSPS) is 19.2. The van der Waals surface area contributed by atoms with Gasteiger partial charge in [0.1, 0.15) is 11.3 Å². The van der Waals surface area contributed by atoms with Crippen LogP contribution in [0.25, 0.3) is 0 Å². The highest BCUT2D eigenvalue weighted by Gasteiger charge is 2.56. The maximum atomic E-state index is 13.0. The number of ether oxygens (including phenoxy) is 1. The lowest BCUT2D eigenvalue weighted by Crippen LogP contribution is -2.55. The molecular formula is C22H27N5O3. The topological polar surface area (TPSA) is 78.9 Å². The van der Waals surface area contributed by atoms with E-state index in [-0.39, 0.29) is 18.0 Å². The summed E-state index contributed by atoms with van der Waals surface area (Å²) in [6.07, 6.45) is 4.59. The number of benzene rings is 1. The van der Waals surface area contributed by atoms with Crippen molar-refractivity contribution in [2.24, 2.45) is 0 Å². The van der Waals surface area contributed by atoms with Crippen molar-refractivity contribution in [2.45, 2.75) is 44.8 Å². The average Bonchev–Trinajstić information content (AvgIpc) is 2.93. The highest BCUT2D eigenvalue weighted by molar-refractivity contribution is 6.07. The van der Waals surface area contributed by atoms with Crippen molar-refractivity contribution in [3.63, 3.8) is 0 Å². The van der Waals surface area contributed by atoms with Crippen LogP contribution in [-0.2, 0) is 11.3 Å². The smallest absolute Gasteiger partial charge is 0.327 e. The van der Waals surface area contributed by atoms with Crippen molar-refractivity contribution in [1.29, 1.82) is 0 Å². The molecule has 3 heterocycles. The number of likely N-dealkylation sites (N-methyl/N-ethyl adjacent to an activating group) is 1. The number of nitrogens with zero attached hydrogens (tertiary/aromatic N) is 5. The average molecular weight is 409 g/mol. The molecule has 0 unspecified atom stereocenters. The molecule has 1 aromatic carbocycles. The van der Waals surface area contributed by atoms with Crippen molar-refractivity contribution in [2.75, 3.05) is 20.1 Å². The molecule has 0 aliphatic carbocycles. The second-order valence-corrected chi connectivity index (χ2v) is 8.20. The molecule has 2 aromatic rings. The number of likely N-dealkylation sites (tertiary alicyclic amines) is 1. The van der Waals surface area contributed by atoms with Gasteiger partial charge in [-0.2, -0.15) is 0 Å². The van der Waals surface area contributed by atoms with Gasteiger partial charge in [0, 0.05) is 45.1 Å². The van der Waals surface area contributed by atoms with Crippen molar-refractivity contribution >= 4 is 11.9 Å². The number of rotatable bonds is 5. The summed E-state index contributed by atoms with van der Waals surface area (Å²) in [7, 11) is 1.76. The van der Waals surface area contributed by atoms with Crippen molar-refractivity contribution in [3.8, 4) is 11.8 Å². The van der Waals surface area contributed by atoms with Gasteiger partial charge in [-0.1, -0.05) is 12.1 Å². The first-order valence-electron chi connectivity index (χ1n) is 10.3. The molecule has 158 valence electrons. The molecule has 1 spiro atoms. The molecule has 2 aliphatic heterocycles. The van der Waals surface area contributed by atoms with E-state index in [2.05, 4.69) is 14.9 Å². The third-order valence-corrected chi connectivity index (χ3v) is 6.03. The van der Waals surface area contributed by atoms with Crippen LogP contribution in [0.3, 0.4) is 0 Å². The maximum absolute atomic E-state index is 13.0. The SMILES string of the molecule is CC(C)N1C(=O)N(C)C2(CCN(Cc3ccc(Oc4ncccn4)cc3)CC2)C1=O. The Kier molecular flexibility index (Phi) is 5.42. The monoisotopic (exact) mass is 409 g/mol. The third kappa shape index (κ3) is 3.63. The summed E-state index contributed by atoms with van der Waals surface area (Å²) in [6.45, 7) is 6.10. The van der Waals surface area contributed by atoms with Crippen LogP contribution in [0.5, 0.6) is 11.8 Å². The Hall–Kier alpha value is -3.00. The first-order chi connectivity index (χ1) is 14.4. The minimum atomic E-state index is -0.689. The van der Waals surface area contributed by atoms with Crippen LogP contribution >= 0.6 is 0 Å². The van der Waals surface area contributed by atoms with Gasteiger partial charge in [-0.15, -0.1) is 0 Å². The van der Waals surface area contributed by atoms with Crippen LogP contribution in [-0.4, -0.2) is 68.3 Å². The van der Waals surface area contributed by atoms with Gasteiger partial charge in [-0.25, -0.2) is 14.8 Å². The zero-order chi connectivity index (χ0) is 21.3. The van der Waals surface area contributed by atoms with E-state index in [9.17, 15) is 9.59 Å². The van der Waals surface area contributed by atoms with Crippen molar-refractivity contribution < 1.29 is 14.3 Å². The lowest BCUT2D eigenvalue weighted by Gasteiger charge is -2.40. The van der Waals surface area contributed by atoms with Crippen LogP contribution in [0.1, 0.15) is 32.3 Å². The summed E-state index contributed by atoms with van der Waals surface area (Å²) in [5.41, 5.74) is 0.476. The molecule has 1 aromatic heterocycles. The van der Waals surface area contributed by atoms with Gasteiger partial charge in [0.15, 0.2) is 0 Å². The molecule has 2 fully saturated rings. The number of hydrogen-bond donors (Lipinski definition) is 0. The fraction of sp³-hybridized carbons (Fsp3) is 0.455. The predicted octanol–water partition coefficient (Wildman–Crippen LogP) is 2.91. The van der Waals surface area contributed by atoms with Gasteiger partial charge in [0.25, 0.3) is 5.91 Å². The van der Waals surface area contributed by atoms with Gasteiger partial charge in [0.2, 0.25) is 0 Å². The molecule has 30 heavy (non-hydrogen) atoms. The highest BCUT2D eigenvalue weighted by Crippen LogP contribution is 2.37. The Morgan fingerprint density at radius 3 is 2.27 bits per heavy atom. The van der Waals surface area contributed by atoms with E-state index in [1.807, 2.05) is 38.1 Å². The van der Waals surface area contributed by atoms with Crippen LogP contribution in [0, 0.1) is 0 Å². The van der Waals surface area contributed by atoms with Crippen molar-refractivity contribution in [3.05, 3.63) is 48.3 Å². The summed E-state index contributed by atoms with van der Waals surface area (Å²) in [5.74, 6) is 0.641. The Morgan fingerprint density at radius 2 is 1.70 bits per heavy atom. The molecule has 0 radical (unpaired) electrons. The minimum Gasteiger partial charge on any atom is -0.424 e. The second-order valence-electron chi connectivity index (χ2n) is 8.20. The molecule has 0 atom stereocenters. The number of urea groups is 1. The van der Waals surface area contributed by atoms with E-state index >= 15 is 0 Å². The molecule has 8 nitrogen and oxygen atoms in total. The highest BCUT2D eigenvalue weighted by atomic mass is 16.5. The van der Waals surface area contributed by atoms with E-state index in [1.54, 1.807) is 30.4 Å². The molecule has 8 heteroatoms. The van der Waals surface area contributed by atoms with E-state index in [1.165, 1.54) is 10.5 Å². The molecule has 2 aliphatic rings. The molecule has 3 amide bonds. The summed E-state index contributed by atoms with van der Waals surface area (Å²) in [5, 5.41) is 0. The fourth-order valence-corrected chi connectivity index (χ4v) is 4.25. The van der Waals surface area contributed by atoms with Crippen LogP contribution in [0.15, 0.2) is 42.7 Å². The zero-order valence-corrected chi connectivity index (χ0v) is 17.6. The lowest BCUT2D eigenvalue weighted by atomic mass is 9.86. The van der Waals surface area contributed by atoms with Crippen LogP contribution in [0.4, 0.5) is 4.79 Å². The molecule has 4 rings (SSSR count). The van der Waals surface area contributed by atoms with Crippen molar-refractivity contribution in [1.82, 2.24) is 24.7 Å². The van der Waals surface area contributed by atoms with Gasteiger partial charge in [-0.05, 0) is 50.5 Å².